The van der Waals surface area contributed by atoms with E-state index in [-0.39, 0.29) is 0 Å². The molecule has 0 aliphatic heterocycles. The van der Waals surface area contributed by atoms with Crippen LogP contribution >= 0.6 is 11.3 Å². The zero-order valence-corrected chi connectivity index (χ0v) is 12.2. The van der Waals surface area contributed by atoms with E-state index < -0.39 is 0 Å². The van der Waals surface area contributed by atoms with Crippen LogP contribution in [0.25, 0.3) is 0 Å². The summed E-state index contributed by atoms with van der Waals surface area (Å²) in [5.41, 5.74) is 8.04. The van der Waals surface area contributed by atoms with Gasteiger partial charge >= 0.3 is 0 Å². The molecule has 2 heterocycles. The molecule has 1 atom stereocenters. The molecule has 0 amide bonds. The Hall–Kier alpha value is -1.46. The monoisotopic (exact) mass is 276 g/mol. The SMILES string of the molecule is CCNC(Cc1ccnc(N)c1)Cc1nc(C)cs1. The van der Waals surface area contributed by atoms with Gasteiger partial charge in [-0.2, -0.15) is 0 Å². The Morgan fingerprint density at radius 1 is 1.42 bits per heavy atom. The summed E-state index contributed by atoms with van der Waals surface area (Å²) in [7, 11) is 0. The van der Waals surface area contributed by atoms with E-state index in [1.165, 1.54) is 10.6 Å². The van der Waals surface area contributed by atoms with E-state index in [9.17, 15) is 0 Å². The molecule has 0 radical (unpaired) electrons. The molecule has 0 spiro atoms. The third kappa shape index (κ3) is 4.29. The lowest BCUT2D eigenvalue weighted by Crippen LogP contribution is -2.33. The first-order valence-corrected chi connectivity index (χ1v) is 7.40. The molecule has 0 aliphatic carbocycles. The van der Waals surface area contributed by atoms with Gasteiger partial charge in [0, 0.05) is 29.7 Å². The lowest BCUT2D eigenvalue weighted by atomic mass is 10.0. The number of hydrogen-bond acceptors (Lipinski definition) is 5. The van der Waals surface area contributed by atoms with Gasteiger partial charge in [0.1, 0.15) is 5.82 Å². The van der Waals surface area contributed by atoms with Crippen LogP contribution in [0.2, 0.25) is 0 Å². The van der Waals surface area contributed by atoms with Crippen molar-refractivity contribution >= 4 is 17.2 Å². The molecule has 1 unspecified atom stereocenters. The number of thiazole rings is 1. The Morgan fingerprint density at radius 2 is 2.26 bits per heavy atom. The normalized spacial score (nSPS) is 12.5. The highest BCUT2D eigenvalue weighted by Gasteiger charge is 2.12. The molecule has 102 valence electrons. The summed E-state index contributed by atoms with van der Waals surface area (Å²) >= 11 is 1.73. The molecule has 0 fully saturated rings. The molecule has 4 nitrogen and oxygen atoms in total. The zero-order valence-electron chi connectivity index (χ0n) is 11.4. The number of pyridine rings is 1. The standard InChI is InChI=1S/C14H20N4S/c1-3-16-12(8-14-18-10(2)9-19-14)6-11-4-5-17-13(15)7-11/h4-5,7,9,12,16H,3,6,8H2,1-2H3,(H2,15,17). The van der Waals surface area contributed by atoms with Crippen LogP contribution in [0.1, 0.15) is 23.2 Å². The number of aryl methyl sites for hydroxylation is 1. The number of nitrogen functional groups attached to an aromatic ring is 1. The third-order valence-electron chi connectivity index (χ3n) is 2.91. The Morgan fingerprint density at radius 3 is 2.89 bits per heavy atom. The number of rotatable bonds is 6. The van der Waals surface area contributed by atoms with Gasteiger partial charge < -0.3 is 11.1 Å². The van der Waals surface area contributed by atoms with Crippen LogP contribution in [0.3, 0.4) is 0 Å². The van der Waals surface area contributed by atoms with E-state index >= 15 is 0 Å². The van der Waals surface area contributed by atoms with Crippen LogP contribution in [0.5, 0.6) is 0 Å². The second kappa shape index (κ2) is 6.63. The lowest BCUT2D eigenvalue weighted by Gasteiger charge is -2.16. The summed E-state index contributed by atoms with van der Waals surface area (Å²) in [6, 6.07) is 4.35. The number of likely N-dealkylation sites (N-methyl/N-ethyl adjacent to an activating group) is 1. The number of nitrogens with two attached hydrogens (primary N) is 1. The highest BCUT2D eigenvalue weighted by molar-refractivity contribution is 7.09. The van der Waals surface area contributed by atoms with E-state index in [0.29, 0.717) is 11.9 Å². The van der Waals surface area contributed by atoms with Gasteiger partial charge in [0.05, 0.1) is 5.01 Å². The molecule has 3 N–H and O–H groups in total. The molecule has 0 saturated carbocycles. The Bertz CT molecular complexity index is 524. The maximum atomic E-state index is 5.72. The molecular formula is C14H20N4S. The fourth-order valence-corrected chi connectivity index (χ4v) is 2.97. The minimum atomic E-state index is 0.386. The lowest BCUT2D eigenvalue weighted by molar-refractivity contribution is 0.520. The second-order valence-corrected chi connectivity index (χ2v) is 5.58. The van der Waals surface area contributed by atoms with Crippen molar-refractivity contribution in [3.8, 4) is 0 Å². The van der Waals surface area contributed by atoms with Crippen LogP contribution in [-0.2, 0) is 12.8 Å². The Balaban J connectivity index is 2.03. The molecule has 5 heteroatoms. The van der Waals surface area contributed by atoms with Gasteiger partial charge in [-0.25, -0.2) is 9.97 Å². The van der Waals surface area contributed by atoms with Crippen LogP contribution in [-0.4, -0.2) is 22.6 Å². The summed E-state index contributed by atoms with van der Waals surface area (Å²) < 4.78 is 0. The van der Waals surface area contributed by atoms with Gasteiger partial charge in [-0.05, 0) is 37.6 Å². The highest BCUT2D eigenvalue weighted by atomic mass is 32.1. The average molecular weight is 276 g/mol. The fourth-order valence-electron chi connectivity index (χ4n) is 2.12. The smallest absolute Gasteiger partial charge is 0.123 e. The summed E-state index contributed by atoms with van der Waals surface area (Å²) in [6.45, 7) is 5.11. The quantitative estimate of drug-likeness (QED) is 0.849. The average Bonchev–Trinajstić information content (AvgIpc) is 2.75. The van der Waals surface area contributed by atoms with Crippen LogP contribution < -0.4 is 11.1 Å². The van der Waals surface area contributed by atoms with Crippen molar-refractivity contribution in [3.63, 3.8) is 0 Å². The number of nitrogens with zero attached hydrogens (tertiary/aromatic N) is 2. The van der Waals surface area contributed by atoms with Gasteiger partial charge in [-0.3, -0.25) is 0 Å². The van der Waals surface area contributed by atoms with E-state index in [1.54, 1.807) is 17.5 Å². The number of aromatic nitrogens is 2. The largest absolute Gasteiger partial charge is 0.384 e. The molecule has 0 bridgehead atoms. The summed E-state index contributed by atoms with van der Waals surface area (Å²) in [4.78, 5) is 8.56. The summed E-state index contributed by atoms with van der Waals surface area (Å²) in [5.74, 6) is 0.581. The number of nitrogens with one attached hydrogen (secondary N) is 1. The van der Waals surface area contributed by atoms with Gasteiger partial charge in [0.15, 0.2) is 0 Å². The van der Waals surface area contributed by atoms with Crippen molar-refractivity contribution in [2.45, 2.75) is 32.7 Å². The first-order chi connectivity index (χ1) is 9.17. The summed E-state index contributed by atoms with van der Waals surface area (Å²) in [6.07, 6.45) is 3.66. The third-order valence-corrected chi connectivity index (χ3v) is 3.90. The van der Waals surface area contributed by atoms with Crippen LogP contribution in [0, 0.1) is 6.92 Å². The molecule has 0 aromatic carbocycles. The first kappa shape index (κ1) is 14.0. The summed E-state index contributed by atoms with van der Waals surface area (Å²) in [5, 5.41) is 6.80. The van der Waals surface area contributed by atoms with Crippen molar-refractivity contribution in [1.29, 1.82) is 0 Å². The number of anilines is 1. The van der Waals surface area contributed by atoms with E-state index in [1.807, 2.05) is 19.1 Å². The van der Waals surface area contributed by atoms with Crippen molar-refractivity contribution in [2.24, 2.45) is 0 Å². The van der Waals surface area contributed by atoms with Crippen molar-refractivity contribution < 1.29 is 0 Å². The maximum absolute atomic E-state index is 5.72. The minimum absolute atomic E-state index is 0.386. The van der Waals surface area contributed by atoms with Crippen LogP contribution in [0.4, 0.5) is 5.82 Å². The molecule has 0 saturated heterocycles. The molecule has 19 heavy (non-hydrogen) atoms. The van der Waals surface area contributed by atoms with E-state index in [4.69, 9.17) is 5.73 Å². The zero-order chi connectivity index (χ0) is 13.7. The van der Waals surface area contributed by atoms with Gasteiger partial charge in [-0.15, -0.1) is 11.3 Å². The maximum Gasteiger partial charge on any atom is 0.123 e. The van der Waals surface area contributed by atoms with Crippen molar-refractivity contribution in [2.75, 3.05) is 12.3 Å². The molecule has 2 aromatic rings. The second-order valence-electron chi connectivity index (χ2n) is 4.63. The number of hydrogen-bond donors (Lipinski definition) is 2. The molecule has 2 aromatic heterocycles. The minimum Gasteiger partial charge on any atom is -0.384 e. The van der Waals surface area contributed by atoms with Crippen LogP contribution in [0.15, 0.2) is 23.7 Å². The molecular weight excluding hydrogens is 256 g/mol. The van der Waals surface area contributed by atoms with Crippen molar-refractivity contribution in [3.05, 3.63) is 40.0 Å². The predicted octanol–water partition coefficient (Wildman–Crippen LogP) is 2.19. The van der Waals surface area contributed by atoms with E-state index in [2.05, 4.69) is 27.6 Å². The topological polar surface area (TPSA) is 63.8 Å². The first-order valence-electron chi connectivity index (χ1n) is 6.52. The van der Waals surface area contributed by atoms with Gasteiger partial charge in [-0.1, -0.05) is 6.92 Å². The van der Waals surface area contributed by atoms with Crippen molar-refractivity contribution in [1.82, 2.24) is 15.3 Å². The molecule has 0 aliphatic rings. The Labute approximate surface area is 118 Å². The highest BCUT2D eigenvalue weighted by Crippen LogP contribution is 2.14. The fraction of sp³-hybridized carbons (Fsp3) is 0.429. The van der Waals surface area contributed by atoms with E-state index in [0.717, 1.165) is 25.1 Å². The van der Waals surface area contributed by atoms with Gasteiger partial charge in [0.2, 0.25) is 0 Å². The Kier molecular flexibility index (Phi) is 4.87. The predicted molar refractivity (Wildman–Crippen MR) is 80.4 cm³/mol. The molecule has 2 rings (SSSR count). The van der Waals surface area contributed by atoms with Gasteiger partial charge in [0.25, 0.3) is 0 Å².